The molecule has 2 aliphatic rings. The molecule has 1 aliphatic carbocycles. The molecular formula is C23H20F2N8O. The van der Waals surface area contributed by atoms with Gasteiger partial charge in [0, 0.05) is 29.4 Å². The maximum atomic E-state index is 15.3. The second kappa shape index (κ2) is 7.80. The minimum Gasteiger partial charge on any atom is -0.383 e. The molecule has 4 heterocycles. The number of fused-ring (bicyclic) bond motifs is 3. The summed E-state index contributed by atoms with van der Waals surface area (Å²) in [4.78, 5) is 24.9. The number of pyridine rings is 1. The number of amides is 1. The number of carbonyl (C=O) groups excluding carboxylic acids is 1. The average molecular weight is 462 g/mol. The molecule has 1 amide bonds. The molecule has 1 aromatic carbocycles. The number of rotatable bonds is 4. The molecule has 172 valence electrons. The highest BCUT2D eigenvalue weighted by atomic mass is 19.1. The number of nitrogens with two attached hydrogens (primary N) is 1. The van der Waals surface area contributed by atoms with Gasteiger partial charge in [0.1, 0.15) is 35.3 Å². The van der Waals surface area contributed by atoms with Crippen molar-refractivity contribution in [2.75, 3.05) is 17.6 Å². The summed E-state index contributed by atoms with van der Waals surface area (Å²) in [5.41, 5.74) is 7.28. The summed E-state index contributed by atoms with van der Waals surface area (Å²) in [6.45, 7) is 0.994. The molecule has 4 aromatic rings. The van der Waals surface area contributed by atoms with Crippen molar-refractivity contribution in [3.8, 4) is 11.3 Å². The van der Waals surface area contributed by atoms with Crippen LogP contribution in [0.2, 0.25) is 0 Å². The quantitative estimate of drug-likeness (QED) is 0.426. The molecular weight excluding hydrogens is 442 g/mol. The molecule has 2 bridgehead atoms. The summed E-state index contributed by atoms with van der Waals surface area (Å²) in [5, 5.41) is 11.2. The summed E-state index contributed by atoms with van der Waals surface area (Å²) in [7, 11) is 0. The van der Waals surface area contributed by atoms with Crippen molar-refractivity contribution in [3.63, 3.8) is 0 Å². The van der Waals surface area contributed by atoms with E-state index in [0.717, 1.165) is 37.6 Å². The third-order valence-electron chi connectivity index (χ3n) is 6.58. The van der Waals surface area contributed by atoms with E-state index in [0.29, 0.717) is 22.6 Å². The third kappa shape index (κ3) is 3.36. The normalized spacial score (nSPS) is 21.3. The summed E-state index contributed by atoms with van der Waals surface area (Å²) in [5.74, 6) is -0.987. The minimum absolute atomic E-state index is 0.0311. The van der Waals surface area contributed by atoms with Gasteiger partial charge in [-0.3, -0.25) is 4.79 Å². The number of piperidine rings is 1. The topological polar surface area (TPSA) is 124 Å². The van der Waals surface area contributed by atoms with Gasteiger partial charge in [0.05, 0.1) is 11.4 Å². The van der Waals surface area contributed by atoms with E-state index in [1.165, 1.54) is 24.7 Å². The van der Waals surface area contributed by atoms with Gasteiger partial charge in [-0.05, 0) is 49.6 Å². The van der Waals surface area contributed by atoms with E-state index in [-0.39, 0.29) is 34.8 Å². The van der Waals surface area contributed by atoms with Crippen LogP contribution in [0, 0.1) is 17.6 Å². The Bertz CT molecular complexity index is 1440. The molecule has 6 rings (SSSR count). The smallest absolute Gasteiger partial charge is 0.256 e. The van der Waals surface area contributed by atoms with Gasteiger partial charge in [-0.15, -0.1) is 0 Å². The van der Waals surface area contributed by atoms with Gasteiger partial charge < -0.3 is 16.4 Å². The number of aromatic nitrogens is 5. The molecule has 1 saturated carbocycles. The lowest BCUT2D eigenvalue weighted by molar-refractivity contribution is 0.102. The first-order valence-corrected chi connectivity index (χ1v) is 10.9. The molecule has 0 radical (unpaired) electrons. The van der Waals surface area contributed by atoms with E-state index in [1.807, 2.05) is 4.68 Å². The van der Waals surface area contributed by atoms with Crippen molar-refractivity contribution in [2.24, 2.45) is 5.92 Å². The number of benzene rings is 1. The zero-order valence-electron chi connectivity index (χ0n) is 17.9. The molecule has 4 N–H and O–H groups in total. The van der Waals surface area contributed by atoms with Crippen LogP contribution >= 0.6 is 0 Å². The lowest BCUT2D eigenvalue weighted by atomic mass is 10.1. The molecule has 3 atom stereocenters. The van der Waals surface area contributed by atoms with Gasteiger partial charge in [-0.1, -0.05) is 0 Å². The number of hydrogen-bond acceptors (Lipinski definition) is 7. The fourth-order valence-electron chi connectivity index (χ4n) is 5.02. The summed E-state index contributed by atoms with van der Waals surface area (Å²) >= 11 is 0. The van der Waals surface area contributed by atoms with Crippen LogP contribution in [0.4, 0.5) is 20.4 Å². The number of nitrogens with zero attached hydrogens (tertiary/aromatic N) is 5. The van der Waals surface area contributed by atoms with Crippen molar-refractivity contribution in [3.05, 3.63) is 60.1 Å². The molecule has 0 unspecified atom stereocenters. The highest BCUT2D eigenvalue weighted by Crippen LogP contribution is 2.42. The van der Waals surface area contributed by atoms with E-state index in [9.17, 15) is 9.18 Å². The Hall–Kier alpha value is -3.99. The highest BCUT2D eigenvalue weighted by molar-refractivity contribution is 6.04. The van der Waals surface area contributed by atoms with Crippen LogP contribution in [0.25, 0.3) is 22.3 Å². The number of nitrogen functional groups attached to an aromatic ring is 1. The maximum Gasteiger partial charge on any atom is 0.256 e. The van der Waals surface area contributed by atoms with Gasteiger partial charge in [-0.2, -0.15) is 5.10 Å². The first-order valence-electron chi connectivity index (χ1n) is 10.9. The monoisotopic (exact) mass is 462 g/mol. The largest absolute Gasteiger partial charge is 0.383 e. The first kappa shape index (κ1) is 20.6. The minimum atomic E-state index is -0.652. The van der Waals surface area contributed by atoms with E-state index in [1.54, 1.807) is 0 Å². The number of halogens is 2. The molecule has 3 aromatic heterocycles. The van der Waals surface area contributed by atoms with E-state index in [2.05, 4.69) is 25.6 Å². The van der Waals surface area contributed by atoms with Crippen LogP contribution in [-0.2, 0) is 0 Å². The van der Waals surface area contributed by atoms with Crippen molar-refractivity contribution < 1.29 is 13.6 Å². The van der Waals surface area contributed by atoms with Crippen LogP contribution in [0.15, 0.2) is 42.9 Å². The second-order valence-electron chi connectivity index (χ2n) is 8.68. The van der Waals surface area contributed by atoms with Crippen LogP contribution in [0.5, 0.6) is 0 Å². The Kier molecular flexibility index (Phi) is 4.73. The van der Waals surface area contributed by atoms with Crippen molar-refractivity contribution >= 4 is 28.6 Å². The van der Waals surface area contributed by atoms with Gasteiger partial charge in [0.2, 0.25) is 0 Å². The molecule has 34 heavy (non-hydrogen) atoms. The fraction of sp³-hybridized carbons (Fsp3) is 0.261. The molecule has 1 aliphatic heterocycles. The summed E-state index contributed by atoms with van der Waals surface area (Å²) < 4.78 is 30.5. The summed E-state index contributed by atoms with van der Waals surface area (Å²) in [6, 6.07) is 6.66. The van der Waals surface area contributed by atoms with Crippen LogP contribution in [0.1, 0.15) is 29.2 Å². The van der Waals surface area contributed by atoms with Gasteiger partial charge in [0.15, 0.2) is 5.65 Å². The molecule has 2 fully saturated rings. The predicted molar refractivity (Wildman–Crippen MR) is 121 cm³/mol. The molecule has 1 saturated heterocycles. The molecule has 9 nitrogen and oxygen atoms in total. The van der Waals surface area contributed by atoms with E-state index < -0.39 is 17.5 Å². The van der Waals surface area contributed by atoms with Crippen molar-refractivity contribution in [1.82, 2.24) is 30.0 Å². The first-order chi connectivity index (χ1) is 16.5. The summed E-state index contributed by atoms with van der Waals surface area (Å²) in [6.07, 6.45) is 4.65. The van der Waals surface area contributed by atoms with Crippen molar-refractivity contribution in [2.45, 2.75) is 24.9 Å². The van der Waals surface area contributed by atoms with E-state index >= 15 is 4.39 Å². The second-order valence-corrected chi connectivity index (χ2v) is 8.68. The predicted octanol–water partition coefficient (Wildman–Crippen LogP) is 2.92. The standard InChI is InChI=1S/C23H20F2N8O/c24-13-3-4-27-18(8-13)31-23(34)12-1-2-14(15(25)7-12)20-19-21(26)29-10-30-22(19)33(32-20)17-6-11-5-16(17)28-9-11/h1-4,7-8,10-11,16-17,28H,5-6,9H2,(H2,26,29,30)(H,27,31,34)/t11-,16-,17-/m1/s1. The van der Waals surface area contributed by atoms with E-state index in [4.69, 9.17) is 10.8 Å². The zero-order chi connectivity index (χ0) is 23.4. The Balaban J connectivity index is 1.37. The van der Waals surface area contributed by atoms with Crippen molar-refractivity contribution in [1.29, 1.82) is 0 Å². The third-order valence-corrected chi connectivity index (χ3v) is 6.58. The Morgan fingerprint density at radius 3 is 2.76 bits per heavy atom. The number of nitrogens with one attached hydrogen (secondary N) is 2. The lowest BCUT2D eigenvalue weighted by Gasteiger charge is -2.23. The Labute approximate surface area is 192 Å². The van der Waals surface area contributed by atoms with Gasteiger partial charge in [-0.25, -0.2) is 28.4 Å². The van der Waals surface area contributed by atoms with Crippen LogP contribution in [-0.4, -0.2) is 43.2 Å². The number of hydrogen-bond donors (Lipinski definition) is 3. The fourth-order valence-corrected chi connectivity index (χ4v) is 5.02. The average Bonchev–Trinajstić information content (AvgIpc) is 3.54. The highest BCUT2D eigenvalue weighted by Gasteiger charge is 2.42. The Morgan fingerprint density at radius 1 is 1.15 bits per heavy atom. The zero-order valence-corrected chi connectivity index (χ0v) is 17.9. The van der Waals surface area contributed by atoms with Gasteiger partial charge >= 0.3 is 0 Å². The Morgan fingerprint density at radius 2 is 2.03 bits per heavy atom. The van der Waals surface area contributed by atoms with Crippen LogP contribution in [0.3, 0.4) is 0 Å². The van der Waals surface area contributed by atoms with Gasteiger partial charge in [0.25, 0.3) is 5.91 Å². The van der Waals surface area contributed by atoms with Crippen LogP contribution < -0.4 is 16.4 Å². The molecule has 0 spiro atoms. The number of carbonyl (C=O) groups is 1. The molecule has 11 heteroatoms. The number of anilines is 2. The SMILES string of the molecule is Nc1ncnc2c1c(-c1ccc(C(=O)Nc3cc(F)ccn3)cc1F)nn2[C@@H]1C[C@@H]2CN[C@@H]1C2. The maximum absolute atomic E-state index is 15.3. The lowest BCUT2D eigenvalue weighted by Crippen LogP contribution is -2.35.